The molecule has 0 aliphatic rings. The number of fused-ring (bicyclic) bond motifs is 1. The van der Waals surface area contributed by atoms with E-state index in [1.807, 2.05) is 31.0 Å². The second-order valence-corrected chi connectivity index (χ2v) is 3.40. The van der Waals surface area contributed by atoms with E-state index >= 15 is 0 Å². The average molecular weight is 190 g/mol. The molecule has 1 aromatic carbocycles. The Hall–Kier alpha value is -1.55. The molecule has 2 aromatic rings. The maximum Gasteiger partial charge on any atom is 0.104 e. The molecular weight excluding hydrogens is 176 g/mol. The van der Waals surface area contributed by atoms with E-state index in [1.165, 1.54) is 0 Å². The number of aryl methyl sites for hydroxylation is 1. The largest absolute Gasteiger partial charge is 0.362 e. The summed E-state index contributed by atoms with van der Waals surface area (Å²) in [5, 5.41) is 0. The zero-order valence-electron chi connectivity index (χ0n) is 8.41. The Bertz CT molecular complexity index is 446. The van der Waals surface area contributed by atoms with Crippen LogP contribution in [0.25, 0.3) is 11.0 Å². The molecule has 0 amide bonds. The fraction of sp³-hybridized carbons (Fsp3) is 0.300. The highest BCUT2D eigenvalue weighted by molar-refractivity contribution is 5.79. The maximum atomic E-state index is 5.55. The van der Waals surface area contributed by atoms with E-state index in [-0.39, 0.29) is 0 Å². The summed E-state index contributed by atoms with van der Waals surface area (Å²) in [7, 11) is 1.96. The topological polar surface area (TPSA) is 57.9 Å². The molecule has 0 bridgehead atoms. The first-order valence-electron chi connectivity index (χ1n) is 4.58. The van der Waals surface area contributed by atoms with Crippen LogP contribution in [-0.4, -0.2) is 23.7 Å². The number of aromatic amines is 1. The fourth-order valence-corrected chi connectivity index (χ4v) is 1.47. The number of nitrogens with two attached hydrogens (primary N) is 1. The van der Waals surface area contributed by atoms with Gasteiger partial charge in [-0.2, -0.15) is 0 Å². The molecule has 0 spiro atoms. The molecule has 0 aliphatic heterocycles. The molecule has 0 saturated carbocycles. The predicted octanol–water partition coefficient (Wildman–Crippen LogP) is 1.22. The van der Waals surface area contributed by atoms with Crippen LogP contribution in [0, 0.1) is 6.92 Å². The summed E-state index contributed by atoms with van der Waals surface area (Å²) < 4.78 is 0. The highest BCUT2D eigenvalue weighted by Gasteiger charge is 2.02. The summed E-state index contributed by atoms with van der Waals surface area (Å²) >= 11 is 0. The molecule has 14 heavy (non-hydrogen) atoms. The monoisotopic (exact) mass is 190 g/mol. The van der Waals surface area contributed by atoms with Crippen LogP contribution in [0.3, 0.4) is 0 Å². The first kappa shape index (κ1) is 9.02. The molecule has 0 radical (unpaired) electrons. The molecule has 0 fully saturated rings. The van der Waals surface area contributed by atoms with Crippen molar-refractivity contribution in [1.82, 2.24) is 9.97 Å². The van der Waals surface area contributed by atoms with Gasteiger partial charge in [0.1, 0.15) is 5.82 Å². The summed E-state index contributed by atoms with van der Waals surface area (Å²) in [5.41, 5.74) is 8.71. The van der Waals surface area contributed by atoms with Crippen molar-refractivity contribution in [3.63, 3.8) is 0 Å². The Morgan fingerprint density at radius 3 is 3.00 bits per heavy atom. The molecule has 1 heterocycles. The SMILES string of the molecule is Cc1nc2ccc(N(C)CN)cc2[nH]1. The lowest BCUT2D eigenvalue weighted by Gasteiger charge is -2.15. The quantitative estimate of drug-likeness (QED) is 0.700. The number of imidazole rings is 1. The van der Waals surface area contributed by atoms with Gasteiger partial charge >= 0.3 is 0 Å². The minimum Gasteiger partial charge on any atom is -0.362 e. The molecule has 0 unspecified atom stereocenters. The van der Waals surface area contributed by atoms with Gasteiger partial charge in [-0.1, -0.05) is 0 Å². The molecular formula is C10H14N4. The second kappa shape index (κ2) is 3.31. The normalized spacial score (nSPS) is 10.8. The van der Waals surface area contributed by atoms with Gasteiger partial charge in [0.15, 0.2) is 0 Å². The molecule has 4 nitrogen and oxygen atoms in total. The van der Waals surface area contributed by atoms with Crippen LogP contribution < -0.4 is 10.6 Å². The van der Waals surface area contributed by atoms with Crippen molar-refractivity contribution in [2.75, 3.05) is 18.6 Å². The van der Waals surface area contributed by atoms with Gasteiger partial charge in [-0.15, -0.1) is 0 Å². The number of nitrogens with one attached hydrogen (secondary N) is 1. The van der Waals surface area contributed by atoms with E-state index in [2.05, 4.69) is 16.0 Å². The van der Waals surface area contributed by atoms with E-state index < -0.39 is 0 Å². The van der Waals surface area contributed by atoms with Gasteiger partial charge in [-0.05, 0) is 25.1 Å². The Balaban J connectivity index is 2.50. The van der Waals surface area contributed by atoms with Crippen molar-refractivity contribution in [1.29, 1.82) is 0 Å². The highest BCUT2D eigenvalue weighted by atomic mass is 15.1. The van der Waals surface area contributed by atoms with Crippen molar-refractivity contribution in [3.05, 3.63) is 24.0 Å². The van der Waals surface area contributed by atoms with Gasteiger partial charge in [0.05, 0.1) is 17.7 Å². The number of rotatable bonds is 2. The van der Waals surface area contributed by atoms with Crippen molar-refractivity contribution >= 4 is 16.7 Å². The molecule has 4 heteroatoms. The molecule has 2 rings (SSSR count). The summed E-state index contributed by atoms with van der Waals surface area (Å²) in [6.45, 7) is 2.46. The van der Waals surface area contributed by atoms with E-state index in [1.54, 1.807) is 0 Å². The third-order valence-corrected chi connectivity index (χ3v) is 2.30. The van der Waals surface area contributed by atoms with Crippen LogP contribution in [0.1, 0.15) is 5.82 Å². The number of hydrogen-bond acceptors (Lipinski definition) is 3. The first-order valence-corrected chi connectivity index (χ1v) is 4.58. The first-order chi connectivity index (χ1) is 6.70. The Morgan fingerprint density at radius 2 is 2.29 bits per heavy atom. The van der Waals surface area contributed by atoms with Gasteiger partial charge in [0.2, 0.25) is 0 Å². The van der Waals surface area contributed by atoms with Crippen molar-refractivity contribution in [2.45, 2.75) is 6.92 Å². The van der Waals surface area contributed by atoms with E-state index in [9.17, 15) is 0 Å². The van der Waals surface area contributed by atoms with Crippen LogP contribution in [-0.2, 0) is 0 Å². The van der Waals surface area contributed by atoms with Crippen LogP contribution in [0.15, 0.2) is 18.2 Å². The van der Waals surface area contributed by atoms with Crippen LogP contribution in [0.4, 0.5) is 5.69 Å². The van der Waals surface area contributed by atoms with Crippen molar-refractivity contribution in [2.24, 2.45) is 5.73 Å². The number of H-pyrrole nitrogens is 1. The van der Waals surface area contributed by atoms with Gasteiger partial charge in [-0.25, -0.2) is 4.98 Å². The summed E-state index contributed by atoms with van der Waals surface area (Å²) in [4.78, 5) is 9.52. The third kappa shape index (κ3) is 1.44. The number of nitrogens with zero attached hydrogens (tertiary/aromatic N) is 2. The minimum absolute atomic E-state index is 0.513. The summed E-state index contributed by atoms with van der Waals surface area (Å²) in [5.74, 6) is 0.938. The molecule has 0 aliphatic carbocycles. The van der Waals surface area contributed by atoms with Crippen LogP contribution in [0.2, 0.25) is 0 Å². The van der Waals surface area contributed by atoms with Gasteiger partial charge in [0.25, 0.3) is 0 Å². The minimum atomic E-state index is 0.513. The maximum absolute atomic E-state index is 5.55. The molecule has 3 N–H and O–H groups in total. The zero-order valence-corrected chi connectivity index (χ0v) is 8.41. The Labute approximate surface area is 82.7 Å². The standard InChI is InChI=1S/C10H14N4/c1-7-12-9-4-3-8(14(2)6-11)5-10(9)13-7/h3-5H,6,11H2,1-2H3,(H,12,13). The fourth-order valence-electron chi connectivity index (χ4n) is 1.47. The third-order valence-electron chi connectivity index (χ3n) is 2.30. The van der Waals surface area contributed by atoms with Crippen molar-refractivity contribution in [3.8, 4) is 0 Å². The average Bonchev–Trinajstić information content (AvgIpc) is 2.55. The van der Waals surface area contributed by atoms with Crippen LogP contribution >= 0.6 is 0 Å². The molecule has 0 saturated heterocycles. The predicted molar refractivity (Wildman–Crippen MR) is 58.3 cm³/mol. The summed E-state index contributed by atoms with van der Waals surface area (Å²) in [6, 6.07) is 6.08. The lowest BCUT2D eigenvalue weighted by atomic mass is 10.2. The van der Waals surface area contributed by atoms with E-state index in [4.69, 9.17) is 5.73 Å². The molecule has 74 valence electrons. The lowest BCUT2D eigenvalue weighted by molar-refractivity contribution is 0.934. The molecule has 0 atom stereocenters. The Kier molecular flexibility index (Phi) is 2.13. The number of anilines is 1. The Morgan fingerprint density at radius 1 is 1.50 bits per heavy atom. The van der Waals surface area contributed by atoms with Gasteiger partial charge < -0.3 is 15.6 Å². The van der Waals surface area contributed by atoms with E-state index in [0.717, 1.165) is 22.5 Å². The number of hydrogen-bond donors (Lipinski definition) is 2. The highest BCUT2D eigenvalue weighted by Crippen LogP contribution is 2.18. The van der Waals surface area contributed by atoms with E-state index in [0.29, 0.717) is 6.67 Å². The van der Waals surface area contributed by atoms with Gasteiger partial charge in [-0.3, -0.25) is 0 Å². The van der Waals surface area contributed by atoms with Gasteiger partial charge in [0, 0.05) is 12.7 Å². The zero-order chi connectivity index (χ0) is 10.1. The smallest absolute Gasteiger partial charge is 0.104 e. The summed E-state index contributed by atoms with van der Waals surface area (Å²) in [6.07, 6.45) is 0. The lowest BCUT2D eigenvalue weighted by Crippen LogP contribution is -2.24. The number of aromatic nitrogens is 2. The van der Waals surface area contributed by atoms with Crippen molar-refractivity contribution < 1.29 is 0 Å². The van der Waals surface area contributed by atoms with Crippen LogP contribution in [0.5, 0.6) is 0 Å². The number of benzene rings is 1. The second-order valence-electron chi connectivity index (χ2n) is 3.40. The molecule has 1 aromatic heterocycles.